The third-order valence-corrected chi connectivity index (χ3v) is 5.61. The highest BCUT2D eigenvalue weighted by atomic mass is 19.1. The summed E-state index contributed by atoms with van der Waals surface area (Å²) in [7, 11) is 4.50. The van der Waals surface area contributed by atoms with Gasteiger partial charge in [0.25, 0.3) is 0 Å². The third kappa shape index (κ3) is 4.89. The van der Waals surface area contributed by atoms with Gasteiger partial charge in [-0.25, -0.2) is 8.78 Å². The standard InChI is InChI=1S/C23H27F2N3O4/c1-26-22(30)21(5-4-8-29)28-13-18-17(23(28)32-3)10-15(24)11-20(18)27-12-14-9-16(31-2)6-7-19(14)25/h6-11,21,23,27H,4-5,12-13H2,1-3H3,(H,26,30). The van der Waals surface area contributed by atoms with Crippen LogP contribution in [0.3, 0.4) is 0 Å². The van der Waals surface area contributed by atoms with Gasteiger partial charge in [0.15, 0.2) is 0 Å². The van der Waals surface area contributed by atoms with Crippen molar-refractivity contribution in [1.29, 1.82) is 0 Å². The molecule has 2 atom stereocenters. The molecule has 2 unspecified atom stereocenters. The van der Waals surface area contributed by atoms with Crippen LogP contribution < -0.4 is 15.4 Å². The number of nitrogens with one attached hydrogen (secondary N) is 2. The second kappa shape index (κ2) is 10.5. The van der Waals surface area contributed by atoms with Crippen LogP contribution in [0.25, 0.3) is 0 Å². The molecule has 0 saturated heterocycles. The fourth-order valence-electron chi connectivity index (χ4n) is 4.04. The number of nitrogens with zero attached hydrogens (tertiary/aromatic N) is 1. The van der Waals surface area contributed by atoms with E-state index in [0.717, 1.165) is 11.8 Å². The molecule has 32 heavy (non-hydrogen) atoms. The number of rotatable bonds is 10. The summed E-state index contributed by atoms with van der Waals surface area (Å²) >= 11 is 0. The van der Waals surface area contributed by atoms with Crippen molar-refractivity contribution >= 4 is 17.9 Å². The minimum Gasteiger partial charge on any atom is -0.497 e. The Morgan fingerprint density at radius 3 is 2.72 bits per heavy atom. The van der Waals surface area contributed by atoms with Crippen LogP contribution in [0.2, 0.25) is 0 Å². The van der Waals surface area contributed by atoms with Crippen molar-refractivity contribution in [3.8, 4) is 5.75 Å². The predicted molar refractivity (Wildman–Crippen MR) is 115 cm³/mol. The smallest absolute Gasteiger partial charge is 0.237 e. The number of halogens is 2. The van der Waals surface area contributed by atoms with E-state index in [0.29, 0.717) is 35.5 Å². The van der Waals surface area contributed by atoms with Gasteiger partial charge in [-0.2, -0.15) is 0 Å². The van der Waals surface area contributed by atoms with Gasteiger partial charge in [-0.1, -0.05) is 0 Å². The largest absolute Gasteiger partial charge is 0.497 e. The number of aldehydes is 1. The number of benzene rings is 2. The molecule has 0 bridgehead atoms. The van der Waals surface area contributed by atoms with E-state index in [1.54, 1.807) is 11.0 Å². The topological polar surface area (TPSA) is 79.9 Å². The van der Waals surface area contributed by atoms with Crippen molar-refractivity contribution in [3.05, 3.63) is 58.7 Å². The van der Waals surface area contributed by atoms with Crippen molar-refractivity contribution in [2.24, 2.45) is 0 Å². The lowest BCUT2D eigenvalue weighted by Crippen LogP contribution is -2.45. The molecule has 0 aromatic heterocycles. The zero-order valence-electron chi connectivity index (χ0n) is 18.3. The molecular weight excluding hydrogens is 420 g/mol. The lowest BCUT2D eigenvalue weighted by atomic mass is 10.1. The average molecular weight is 447 g/mol. The maximum absolute atomic E-state index is 14.5. The number of fused-ring (bicyclic) bond motifs is 1. The van der Waals surface area contributed by atoms with Gasteiger partial charge in [-0.15, -0.1) is 0 Å². The van der Waals surface area contributed by atoms with Gasteiger partial charge in [-0.05, 0) is 42.3 Å². The molecule has 2 N–H and O–H groups in total. The molecule has 0 aliphatic carbocycles. The van der Waals surface area contributed by atoms with Gasteiger partial charge in [0, 0.05) is 50.5 Å². The molecule has 1 aliphatic rings. The molecule has 7 nitrogen and oxygen atoms in total. The number of amides is 1. The first-order valence-electron chi connectivity index (χ1n) is 10.3. The van der Waals surface area contributed by atoms with Crippen LogP contribution in [0.5, 0.6) is 5.75 Å². The van der Waals surface area contributed by atoms with Crippen LogP contribution >= 0.6 is 0 Å². The lowest BCUT2D eigenvalue weighted by Gasteiger charge is -2.30. The summed E-state index contributed by atoms with van der Waals surface area (Å²) < 4.78 is 39.5. The number of carbonyl (C=O) groups excluding carboxylic acids is 2. The monoisotopic (exact) mass is 447 g/mol. The molecule has 2 aromatic rings. The fourth-order valence-corrected chi connectivity index (χ4v) is 4.04. The summed E-state index contributed by atoms with van der Waals surface area (Å²) in [6.45, 7) is 0.411. The third-order valence-electron chi connectivity index (χ3n) is 5.61. The second-order valence-electron chi connectivity index (χ2n) is 7.47. The highest BCUT2D eigenvalue weighted by Crippen LogP contribution is 2.41. The maximum atomic E-state index is 14.5. The van der Waals surface area contributed by atoms with Gasteiger partial charge in [-0.3, -0.25) is 9.69 Å². The molecular formula is C23H27F2N3O4. The van der Waals surface area contributed by atoms with E-state index in [-0.39, 0.29) is 18.9 Å². The number of hydrogen-bond donors (Lipinski definition) is 2. The minimum atomic E-state index is -0.663. The Bertz CT molecular complexity index is 986. The summed E-state index contributed by atoms with van der Waals surface area (Å²) in [6.07, 6.45) is 0.604. The number of likely N-dealkylation sites (N-methyl/N-ethyl adjacent to an activating group) is 1. The summed E-state index contributed by atoms with van der Waals surface area (Å²) in [5.74, 6) is -0.626. The number of anilines is 1. The first-order chi connectivity index (χ1) is 15.4. The first-order valence-corrected chi connectivity index (χ1v) is 10.3. The van der Waals surface area contributed by atoms with Crippen molar-refractivity contribution < 1.29 is 27.8 Å². The molecule has 0 spiro atoms. The van der Waals surface area contributed by atoms with Crippen LogP contribution in [0.4, 0.5) is 14.5 Å². The highest BCUT2D eigenvalue weighted by Gasteiger charge is 2.39. The van der Waals surface area contributed by atoms with E-state index < -0.39 is 23.9 Å². The first kappa shape index (κ1) is 23.6. The van der Waals surface area contributed by atoms with Crippen LogP contribution in [-0.2, 0) is 27.4 Å². The average Bonchev–Trinajstić information content (AvgIpc) is 3.16. The number of ether oxygens (including phenoxy) is 2. The molecule has 0 radical (unpaired) electrons. The van der Waals surface area contributed by atoms with Gasteiger partial charge in [0.1, 0.15) is 29.9 Å². The quantitative estimate of drug-likeness (QED) is 0.545. The van der Waals surface area contributed by atoms with Gasteiger partial charge in [0.05, 0.1) is 13.2 Å². The van der Waals surface area contributed by atoms with Crippen molar-refractivity contribution in [1.82, 2.24) is 10.2 Å². The van der Waals surface area contributed by atoms with Gasteiger partial charge < -0.3 is 24.9 Å². The van der Waals surface area contributed by atoms with E-state index in [2.05, 4.69) is 10.6 Å². The maximum Gasteiger partial charge on any atom is 0.237 e. The molecule has 1 aliphatic heterocycles. The van der Waals surface area contributed by atoms with Crippen LogP contribution in [0.15, 0.2) is 30.3 Å². The Morgan fingerprint density at radius 1 is 1.28 bits per heavy atom. The Hall–Kier alpha value is -3.04. The molecule has 2 aromatic carbocycles. The van der Waals surface area contributed by atoms with E-state index in [1.165, 1.54) is 45.5 Å². The number of methoxy groups -OCH3 is 2. The highest BCUT2D eigenvalue weighted by molar-refractivity contribution is 5.82. The summed E-state index contributed by atoms with van der Waals surface area (Å²) in [5.41, 5.74) is 2.19. The van der Waals surface area contributed by atoms with E-state index in [9.17, 15) is 18.4 Å². The Labute approximate surface area is 185 Å². The molecule has 172 valence electrons. The summed E-state index contributed by atoms with van der Waals surface area (Å²) in [5, 5.41) is 5.73. The van der Waals surface area contributed by atoms with E-state index in [1.807, 2.05) is 0 Å². The molecule has 0 saturated carbocycles. The van der Waals surface area contributed by atoms with E-state index in [4.69, 9.17) is 9.47 Å². The van der Waals surface area contributed by atoms with Crippen LogP contribution in [0, 0.1) is 11.6 Å². The Balaban J connectivity index is 1.91. The van der Waals surface area contributed by atoms with Crippen molar-refractivity contribution in [2.45, 2.75) is 38.2 Å². The minimum absolute atomic E-state index is 0.112. The zero-order chi connectivity index (χ0) is 23.3. The molecule has 3 rings (SSSR count). The SMILES string of the molecule is CNC(=O)C(CCC=O)N1Cc2c(NCc3cc(OC)ccc3F)cc(F)cc2C1OC. The predicted octanol–water partition coefficient (Wildman–Crippen LogP) is 3.14. The number of carbonyl (C=O) groups is 2. The van der Waals surface area contributed by atoms with Crippen LogP contribution in [-0.4, -0.2) is 44.4 Å². The van der Waals surface area contributed by atoms with Gasteiger partial charge >= 0.3 is 0 Å². The van der Waals surface area contributed by atoms with Crippen molar-refractivity contribution in [3.63, 3.8) is 0 Å². The van der Waals surface area contributed by atoms with Gasteiger partial charge in [0.2, 0.25) is 5.91 Å². The normalized spacial score (nSPS) is 16.3. The zero-order valence-corrected chi connectivity index (χ0v) is 18.3. The molecule has 0 fully saturated rings. The Morgan fingerprint density at radius 2 is 2.06 bits per heavy atom. The molecule has 9 heteroatoms. The van der Waals surface area contributed by atoms with Crippen LogP contribution in [0.1, 0.15) is 35.8 Å². The Kier molecular flexibility index (Phi) is 7.76. The summed E-state index contributed by atoms with van der Waals surface area (Å²) in [4.78, 5) is 25.2. The second-order valence-corrected chi connectivity index (χ2v) is 7.47. The lowest BCUT2D eigenvalue weighted by molar-refractivity contribution is -0.133. The summed E-state index contributed by atoms with van der Waals surface area (Å²) in [6, 6.07) is 6.50. The fraction of sp³-hybridized carbons (Fsp3) is 0.391. The molecule has 1 heterocycles. The van der Waals surface area contributed by atoms with E-state index >= 15 is 0 Å². The number of hydrogen-bond acceptors (Lipinski definition) is 6. The van der Waals surface area contributed by atoms with Crippen molar-refractivity contribution in [2.75, 3.05) is 26.6 Å². The molecule has 1 amide bonds.